The van der Waals surface area contributed by atoms with Crippen LogP contribution in [0, 0.1) is 0 Å². The van der Waals surface area contributed by atoms with E-state index in [0.29, 0.717) is 0 Å². The summed E-state index contributed by atoms with van der Waals surface area (Å²) in [4.78, 5) is 2.46. The molecular formula is C57H47N. The van der Waals surface area contributed by atoms with Gasteiger partial charge in [-0.15, -0.1) is 0 Å². The van der Waals surface area contributed by atoms with Crippen LogP contribution in [0.2, 0.25) is 0 Å². The standard InChI is InChI=1S/C57H47N/c1-55(2)34-35-56(3,4)54-42(25-17-29-51(54)55)38-30-32-39(33-31-38)46-36-47-45-24-13-16-28-50(45)57(48-26-14-11-22-43(48)44-23-12-15-27-49(44)57)52(47)37-53(46)58(40-18-7-5-8-19-40)41-20-9-6-10-21-41/h5-33,36-37H,34-35H2,1-4H3. The van der Waals surface area contributed by atoms with Crippen LogP contribution in [0.4, 0.5) is 17.1 Å². The summed E-state index contributed by atoms with van der Waals surface area (Å²) in [5, 5.41) is 0. The summed E-state index contributed by atoms with van der Waals surface area (Å²) in [6.45, 7) is 9.70. The minimum absolute atomic E-state index is 0.111. The van der Waals surface area contributed by atoms with E-state index >= 15 is 0 Å². The quantitative estimate of drug-likeness (QED) is 0.170. The van der Waals surface area contributed by atoms with Gasteiger partial charge in [0.15, 0.2) is 0 Å². The van der Waals surface area contributed by atoms with Crippen LogP contribution in [0.1, 0.15) is 73.9 Å². The van der Waals surface area contributed by atoms with Crippen LogP contribution in [0.5, 0.6) is 0 Å². The fraction of sp³-hybridized carbons (Fsp3) is 0.158. The maximum Gasteiger partial charge on any atom is 0.0726 e. The summed E-state index contributed by atoms with van der Waals surface area (Å²) < 4.78 is 0. The highest BCUT2D eigenvalue weighted by Crippen LogP contribution is 2.64. The number of benzene rings is 8. The number of hydrogen-bond donors (Lipinski definition) is 0. The molecule has 0 heterocycles. The second-order valence-electron chi connectivity index (χ2n) is 17.9. The molecule has 0 aromatic heterocycles. The highest BCUT2D eigenvalue weighted by molar-refractivity contribution is 6.00. The highest BCUT2D eigenvalue weighted by atomic mass is 15.1. The van der Waals surface area contributed by atoms with Crippen molar-refractivity contribution in [3.63, 3.8) is 0 Å². The average Bonchev–Trinajstić information content (AvgIpc) is 3.73. The number of anilines is 3. The molecule has 3 aliphatic rings. The third kappa shape index (κ3) is 4.96. The lowest BCUT2D eigenvalue weighted by atomic mass is 9.61. The van der Waals surface area contributed by atoms with Gasteiger partial charge in [-0.2, -0.15) is 0 Å². The van der Waals surface area contributed by atoms with Crippen LogP contribution in [0.25, 0.3) is 44.5 Å². The van der Waals surface area contributed by atoms with Crippen molar-refractivity contribution in [2.45, 2.75) is 56.8 Å². The molecule has 0 N–H and O–H groups in total. The SMILES string of the molecule is CC1(C)CCC(C)(C)c2c(-c3ccc(-c4cc5c(cc4N(c4ccccc4)c4ccccc4)C4(c6ccccc6-c6ccccc64)c4ccccc4-5)cc3)cccc21. The van der Waals surface area contributed by atoms with Gasteiger partial charge in [-0.1, -0.05) is 179 Å². The summed E-state index contributed by atoms with van der Waals surface area (Å²) >= 11 is 0. The van der Waals surface area contributed by atoms with Gasteiger partial charge in [0.2, 0.25) is 0 Å². The van der Waals surface area contributed by atoms with E-state index in [1.807, 2.05) is 0 Å². The lowest BCUT2D eigenvalue weighted by Gasteiger charge is -2.43. The number of fused-ring (bicyclic) bond motifs is 11. The zero-order chi connectivity index (χ0) is 39.2. The normalized spacial score (nSPS) is 15.9. The van der Waals surface area contributed by atoms with E-state index in [9.17, 15) is 0 Å². The number of nitrogens with zero attached hydrogens (tertiary/aromatic N) is 1. The van der Waals surface area contributed by atoms with E-state index in [4.69, 9.17) is 0 Å². The zero-order valence-electron chi connectivity index (χ0n) is 33.8. The molecule has 1 spiro atoms. The van der Waals surface area contributed by atoms with Gasteiger partial charge in [-0.05, 0) is 132 Å². The molecule has 58 heavy (non-hydrogen) atoms. The fourth-order valence-corrected chi connectivity index (χ4v) is 10.9. The fourth-order valence-electron chi connectivity index (χ4n) is 10.9. The largest absolute Gasteiger partial charge is 0.310 e. The first-order chi connectivity index (χ1) is 28.3. The highest BCUT2D eigenvalue weighted by Gasteiger charge is 2.52. The predicted octanol–water partition coefficient (Wildman–Crippen LogP) is 15.2. The van der Waals surface area contributed by atoms with Crippen molar-refractivity contribution in [1.29, 1.82) is 0 Å². The lowest BCUT2D eigenvalue weighted by molar-refractivity contribution is 0.333. The lowest BCUT2D eigenvalue weighted by Crippen LogP contribution is -2.34. The Balaban J connectivity index is 1.19. The van der Waals surface area contributed by atoms with Crippen LogP contribution in [-0.4, -0.2) is 0 Å². The minimum Gasteiger partial charge on any atom is -0.310 e. The summed E-state index contributed by atoms with van der Waals surface area (Å²) in [5.41, 5.74) is 21.9. The predicted molar refractivity (Wildman–Crippen MR) is 244 cm³/mol. The van der Waals surface area contributed by atoms with Gasteiger partial charge < -0.3 is 4.90 Å². The molecule has 1 nitrogen and oxygen atoms in total. The molecule has 3 aliphatic carbocycles. The van der Waals surface area contributed by atoms with Gasteiger partial charge in [0, 0.05) is 16.9 Å². The van der Waals surface area contributed by atoms with Crippen molar-refractivity contribution in [1.82, 2.24) is 0 Å². The van der Waals surface area contributed by atoms with Gasteiger partial charge in [0.25, 0.3) is 0 Å². The Morgan fingerprint density at radius 2 is 0.776 bits per heavy atom. The molecule has 8 aromatic rings. The van der Waals surface area contributed by atoms with Crippen molar-refractivity contribution in [3.8, 4) is 44.5 Å². The second-order valence-corrected chi connectivity index (χ2v) is 17.9. The van der Waals surface area contributed by atoms with E-state index in [1.54, 1.807) is 0 Å². The number of hydrogen-bond acceptors (Lipinski definition) is 1. The summed E-state index contributed by atoms with van der Waals surface area (Å²) in [6, 6.07) is 70.6. The summed E-state index contributed by atoms with van der Waals surface area (Å²) in [6.07, 6.45) is 2.39. The first kappa shape index (κ1) is 34.8. The number of para-hydroxylation sites is 2. The van der Waals surface area contributed by atoms with Crippen molar-refractivity contribution in [2.24, 2.45) is 0 Å². The molecule has 0 radical (unpaired) electrons. The van der Waals surface area contributed by atoms with E-state index < -0.39 is 5.41 Å². The maximum absolute atomic E-state index is 2.54. The molecule has 11 rings (SSSR count). The Labute approximate surface area is 343 Å². The monoisotopic (exact) mass is 745 g/mol. The molecule has 0 atom stereocenters. The average molecular weight is 746 g/mol. The van der Waals surface area contributed by atoms with Gasteiger partial charge in [0.1, 0.15) is 0 Å². The van der Waals surface area contributed by atoms with Gasteiger partial charge in [-0.3, -0.25) is 0 Å². The molecular weight excluding hydrogens is 699 g/mol. The van der Waals surface area contributed by atoms with E-state index in [2.05, 4.69) is 221 Å². The van der Waals surface area contributed by atoms with Crippen molar-refractivity contribution >= 4 is 17.1 Å². The Bertz CT molecular complexity index is 2790. The molecule has 0 aliphatic heterocycles. The van der Waals surface area contributed by atoms with Gasteiger partial charge in [-0.25, -0.2) is 0 Å². The van der Waals surface area contributed by atoms with Crippen LogP contribution in [0.3, 0.4) is 0 Å². The molecule has 0 unspecified atom stereocenters. The Morgan fingerprint density at radius 3 is 1.33 bits per heavy atom. The van der Waals surface area contributed by atoms with Crippen molar-refractivity contribution < 1.29 is 0 Å². The molecule has 0 bridgehead atoms. The summed E-state index contributed by atoms with van der Waals surface area (Å²) in [5.74, 6) is 0. The van der Waals surface area contributed by atoms with Crippen LogP contribution in [0.15, 0.2) is 188 Å². The second kappa shape index (κ2) is 12.8. The topological polar surface area (TPSA) is 3.24 Å². The molecule has 1 heteroatoms. The third-order valence-electron chi connectivity index (χ3n) is 13.7. The molecule has 0 saturated heterocycles. The van der Waals surface area contributed by atoms with Crippen molar-refractivity contribution in [3.05, 3.63) is 221 Å². The maximum atomic E-state index is 2.54. The van der Waals surface area contributed by atoms with Gasteiger partial charge >= 0.3 is 0 Å². The van der Waals surface area contributed by atoms with Crippen LogP contribution in [-0.2, 0) is 16.2 Å². The first-order valence-corrected chi connectivity index (χ1v) is 20.9. The van der Waals surface area contributed by atoms with Crippen LogP contribution < -0.4 is 4.90 Å². The van der Waals surface area contributed by atoms with E-state index in [0.717, 1.165) is 17.1 Å². The number of rotatable bonds is 5. The Kier molecular flexibility index (Phi) is 7.67. The Hall–Kier alpha value is -6.44. The molecule has 280 valence electrons. The smallest absolute Gasteiger partial charge is 0.0726 e. The Morgan fingerprint density at radius 1 is 0.345 bits per heavy atom. The van der Waals surface area contributed by atoms with E-state index in [-0.39, 0.29) is 10.8 Å². The van der Waals surface area contributed by atoms with E-state index in [1.165, 1.54) is 90.7 Å². The molecule has 8 aromatic carbocycles. The minimum atomic E-state index is -0.442. The third-order valence-corrected chi connectivity index (χ3v) is 13.7. The molecule has 0 saturated carbocycles. The zero-order valence-corrected chi connectivity index (χ0v) is 33.8. The molecule has 0 fully saturated rings. The van der Waals surface area contributed by atoms with Crippen LogP contribution >= 0.6 is 0 Å². The van der Waals surface area contributed by atoms with Gasteiger partial charge in [0.05, 0.1) is 11.1 Å². The first-order valence-electron chi connectivity index (χ1n) is 20.9. The summed E-state index contributed by atoms with van der Waals surface area (Å²) in [7, 11) is 0. The van der Waals surface area contributed by atoms with Crippen molar-refractivity contribution in [2.75, 3.05) is 4.90 Å². The molecule has 0 amide bonds.